The molecule has 0 saturated carbocycles. The van der Waals surface area contributed by atoms with Crippen molar-refractivity contribution < 1.29 is 4.52 Å². The van der Waals surface area contributed by atoms with E-state index in [2.05, 4.69) is 27.5 Å². The summed E-state index contributed by atoms with van der Waals surface area (Å²) in [6.45, 7) is 2.65. The summed E-state index contributed by atoms with van der Waals surface area (Å²) in [5.74, 6) is 1.19. The lowest BCUT2D eigenvalue weighted by Gasteiger charge is -1.91. The molecule has 0 unspecified atom stereocenters. The number of aromatic nitrogens is 4. The normalized spacial score (nSPS) is 10.9. The van der Waals surface area contributed by atoms with Gasteiger partial charge in [0.2, 0.25) is 0 Å². The van der Waals surface area contributed by atoms with E-state index in [1.165, 1.54) is 0 Å². The molecule has 0 radical (unpaired) electrons. The van der Waals surface area contributed by atoms with Gasteiger partial charge in [0.1, 0.15) is 0 Å². The highest BCUT2D eigenvalue weighted by Crippen LogP contribution is 2.21. The molecule has 86 valence electrons. The molecule has 2 aromatic heterocycles. The fraction of sp³-hybridized carbons (Fsp3) is 0.500. The van der Waals surface area contributed by atoms with Crippen molar-refractivity contribution in [3.8, 4) is 11.5 Å². The first-order valence-corrected chi connectivity index (χ1v) is 5.24. The van der Waals surface area contributed by atoms with E-state index in [0.29, 0.717) is 18.3 Å². The third-order valence-corrected chi connectivity index (χ3v) is 2.27. The number of rotatable bonds is 4. The Bertz CT molecular complexity index is 473. The monoisotopic (exact) mass is 221 g/mol. The van der Waals surface area contributed by atoms with E-state index >= 15 is 0 Å². The van der Waals surface area contributed by atoms with Gasteiger partial charge in [-0.25, -0.2) is 0 Å². The molecule has 0 aromatic carbocycles. The van der Waals surface area contributed by atoms with Gasteiger partial charge < -0.3 is 9.84 Å². The van der Waals surface area contributed by atoms with Gasteiger partial charge in [-0.15, -0.1) is 0 Å². The molecule has 0 aliphatic heterocycles. The van der Waals surface area contributed by atoms with Crippen molar-refractivity contribution >= 4 is 0 Å². The molecule has 1 N–H and O–H groups in total. The van der Waals surface area contributed by atoms with Crippen LogP contribution in [0.3, 0.4) is 0 Å². The molecule has 6 nitrogen and oxygen atoms in total. The molecule has 2 rings (SSSR count). The fourth-order valence-corrected chi connectivity index (χ4v) is 1.57. The van der Waals surface area contributed by atoms with Crippen LogP contribution >= 0.6 is 0 Å². The quantitative estimate of drug-likeness (QED) is 0.825. The first-order chi connectivity index (χ1) is 7.74. The predicted molar refractivity (Wildman–Crippen MR) is 58.6 cm³/mol. The zero-order chi connectivity index (χ0) is 11.5. The molecule has 6 heteroatoms. The minimum Gasteiger partial charge on any atom is -0.334 e. The standard InChI is InChI=1S/C10H15N5O/c1-4-8-7(6-15(3)13-8)10-12-9(5-11-2)14-16-10/h6,11H,4-5H2,1-3H3. The van der Waals surface area contributed by atoms with Gasteiger partial charge in [-0.3, -0.25) is 4.68 Å². The molecule has 0 saturated heterocycles. The van der Waals surface area contributed by atoms with Crippen LogP contribution in [0.5, 0.6) is 0 Å². The molecule has 0 bridgehead atoms. The topological polar surface area (TPSA) is 68.8 Å². The van der Waals surface area contributed by atoms with Gasteiger partial charge >= 0.3 is 0 Å². The van der Waals surface area contributed by atoms with Crippen LogP contribution in [-0.2, 0) is 20.0 Å². The molecule has 0 spiro atoms. The van der Waals surface area contributed by atoms with E-state index in [4.69, 9.17) is 4.52 Å². The van der Waals surface area contributed by atoms with Crippen molar-refractivity contribution in [2.45, 2.75) is 19.9 Å². The van der Waals surface area contributed by atoms with Gasteiger partial charge in [0, 0.05) is 13.2 Å². The Hall–Kier alpha value is -1.69. The molecule has 16 heavy (non-hydrogen) atoms. The molecule has 0 aliphatic carbocycles. The molecule has 2 heterocycles. The van der Waals surface area contributed by atoms with E-state index in [1.807, 2.05) is 20.3 Å². The summed E-state index contributed by atoms with van der Waals surface area (Å²) in [6, 6.07) is 0. The fourth-order valence-electron chi connectivity index (χ4n) is 1.57. The Kier molecular flexibility index (Phi) is 3.00. The molecule has 0 amide bonds. The highest BCUT2D eigenvalue weighted by Gasteiger charge is 2.14. The van der Waals surface area contributed by atoms with Crippen LogP contribution in [0.2, 0.25) is 0 Å². The molecular formula is C10H15N5O. The third kappa shape index (κ3) is 1.96. The average molecular weight is 221 g/mol. The smallest absolute Gasteiger partial charge is 0.261 e. The second-order valence-corrected chi connectivity index (χ2v) is 3.56. The largest absolute Gasteiger partial charge is 0.334 e. The number of nitrogens with zero attached hydrogens (tertiary/aromatic N) is 4. The van der Waals surface area contributed by atoms with Crippen molar-refractivity contribution in [3.63, 3.8) is 0 Å². The molecule has 0 aliphatic rings. The second kappa shape index (κ2) is 4.44. The summed E-state index contributed by atoms with van der Waals surface area (Å²) in [7, 11) is 3.73. The Morgan fingerprint density at radius 2 is 2.31 bits per heavy atom. The lowest BCUT2D eigenvalue weighted by Crippen LogP contribution is -2.06. The van der Waals surface area contributed by atoms with Crippen LogP contribution in [-0.4, -0.2) is 27.0 Å². The third-order valence-electron chi connectivity index (χ3n) is 2.27. The van der Waals surface area contributed by atoms with E-state index in [0.717, 1.165) is 17.7 Å². The maximum absolute atomic E-state index is 5.20. The van der Waals surface area contributed by atoms with E-state index in [1.54, 1.807) is 4.68 Å². The van der Waals surface area contributed by atoms with E-state index in [-0.39, 0.29) is 0 Å². The van der Waals surface area contributed by atoms with Gasteiger partial charge in [0.05, 0.1) is 17.8 Å². The molecule has 0 atom stereocenters. The van der Waals surface area contributed by atoms with Gasteiger partial charge in [-0.05, 0) is 13.5 Å². The maximum atomic E-state index is 5.20. The van der Waals surface area contributed by atoms with Crippen molar-refractivity contribution in [1.29, 1.82) is 0 Å². The molecular weight excluding hydrogens is 206 g/mol. The van der Waals surface area contributed by atoms with Crippen LogP contribution in [0.4, 0.5) is 0 Å². The summed E-state index contributed by atoms with van der Waals surface area (Å²) >= 11 is 0. The Balaban J connectivity index is 2.34. The van der Waals surface area contributed by atoms with E-state index in [9.17, 15) is 0 Å². The Morgan fingerprint density at radius 1 is 1.50 bits per heavy atom. The first kappa shape index (κ1) is 10.8. The van der Waals surface area contributed by atoms with Crippen molar-refractivity contribution in [1.82, 2.24) is 25.2 Å². The van der Waals surface area contributed by atoms with E-state index < -0.39 is 0 Å². The summed E-state index contributed by atoms with van der Waals surface area (Å²) in [4.78, 5) is 4.30. The maximum Gasteiger partial charge on any atom is 0.261 e. The Labute approximate surface area is 93.7 Å². The SMILES string of the molecule is CCc1nn(C)cc1-c1nc(CNC)no1. The first-order valence-electron chi connectivity index (χ1n) is 5.24. The van der Waals surface area contributed by atoms with Crippen LogP contribution in [0.1, 0.15) is 18.4 Å². The van der Waals surface area contributed by atoms with Crippen molar-refractivity contribution in [2.75, 3.05) is 7.05 Å². The highest BCUT2D eigenvalue weighted by atomic mass is 16.5. The van der Waals surface area contributed by atoms with Crippen LogP contribution in [0, 0.1) is 0 Å². The number of aryl methyl sites for hydroxylation is 2. The second-order valence-electron chi connectivity index (χ2n) is 3.56. The minimum absolute atomic E-state index is 0.537. The minimum atomic E-state index is 0.537. The van der Waals surface area contributed by atoms with Crippen molar-refractivity contribution in [3.05, 3.63) is 17.7 Å². The number of nitrogens with one attached hydrogen (secondary N) is 1. The molecule has 0 fully saturated rings. The zero-order valence-electron chi connectivity index (χ0n) is 9.69. The number of hydrogen-bond acceptors (Lipinski definition) is 5. The predicted octanol–water partition coefficient (Wildman–Crippen LogP) is 0.752. The highest BCUT2D eigenvalue weighted by molar-refractivity contribution is 5.55. The van der Waals surface area contributed by atoms with Crippen LogP contribution in [0.25, 0.3) is 11.5 Å². The zero-order valence-corrected chi connectivity index (χ0v) is 9.69. The number of hydrogen-bond donors (Lipinski definition) is 1. The average Bonchev–Trinajstić information content (AvgIpc) is 2.85. The van der Waals surface area contributed by atoms with Gasteiger partial charge in [-0.2, -0.15) is 10.1 Å². The van der Waals surface area contributed by atoms with Crippen LogP contribution in [0.15, 0.2) is 10.7 Å². The molecule has 2 aromatic rings. The summed E-state index contributed by atoms with van der Waals surface area (Å²) < 4.78 is 6.96. The van der Waals surface area contributed by atoms with Gasteiger partial charge in [0.25, 0.3) is 5.89 Å². The van der Waals surface area contributed by atoms with Gasteiger partial charge in [0.15, 0.2) is 5.82 Å². The van der Waals surface area contributed by atoms with Crippen molar-refractivity contribution in [2.24, 2.45) is 7.05 Å². The van der Waals surface area contributed by atoms with Crippen LogP contribution < -0.4 is 5.32 Å². The lowest BCUT2D eigenvalue weighted by atomic mass is 10.2. The summed E-state index contributed by atoms with van der Waals surface area (Å²) in [5, 5.41) is 11.2. The summed E-state index contributed by atoms with van der Waals surface area (Å²) in [6.07, 6.45) is 2.75. The Morgan fingerprint density at radius 3 is 3.00 bits per heavy atom. The lowest BCUT2D eigenvalue weighted by molar-refractivity contribution is 0.420. The summed E-state index contributed by atoms with van der Waals surface area (Å²) in [5.41, 5.74) is 1.89. The van der Waals surface area contributed by atoms with Gasteiger partial charge in [-0.1, -0.05) is 12.1 Å².